The molecule has 10 heteroatoms. The predicted octanol–water partition coefficient (Wildman–Crippen LogP) is 6.00. The van der Waals surface area contributed by atoms with E-state index in [0.717, 1.165) is 12.0 Å². The molecule has 1 saturated carbocycles. The smallest absolute Gasteiger partial charge is 0.408 e. The molecule has 3 unspecified atom stereocenters. The number of rotatable bonds is 12. The number of benzene rings is 3. The first kappa shape index (κ1) is 38.5. The number of hydrogen-bond acceptors (Lipinski definition) is 7. The van der Waals surface area contributed by atoms with E-state index in [1.165, 1.54) is 17.0 Å². The molecule has 0 radical (unpaired) electrons. The number of carbonyl (C=O) groups is 4. The summed E-state index contributed by atoms with van der Waals surface area (Å²) in [6, 6.07) is 18.7. The zero-order valence-electron chi connectivity index (χ0n) is 30.3. The minimum absolute atomic E-state index is 0.0556. The molecule has 3 N–H and O–H groups in total. The Morgan fingerprint density at radius 1 is 0.804 bits per heavy atom. The molecule has 51 heavy (non-hydrogen) atoms. The molecule has 0 spiro atoms. The number of phenols is 1. The van der Waals surface area contributed by atoms with Crippen LogP contribution in [0.3, 0.4) is 0 Å². The van der Waals surface area contributed by atoms with Gasteiger partial charge in [0.2, 0.25) is 11.8 Å². The summed E-state index contributed by atoms with van der Waals surface area (Å²) >= 11 is 0. The summed E-state index contributed by atoms with van der Waals surface area (Å²) in [6.07, 6.45) is 7.18. The van der Waals surface area contributed by atoms with Gasteiger partial charge < -0.3 is 30.1 Å². The van der Waals surface area contributed by atoms with Crippen molar-refractivity contribution in [1.82, 2.24) is 15.5 Å². The van der Waals surface area contributed by atoms with E-state index in [2.05, 4.69) is 16.6 Å². The van der Waals surface area contributed by atoms with Crippen LogP contribution in [0.15, 0.2) is 78.9 Å². The average Bonchev–Trinajstić information content (AvgIpc) is 3.03. The molecule has 3 aromatic carbocycles. The van der Waals surface area contributed by atoms with E-state index >= 15 is 0 Å². The van der Waals surface area contributed by atoms with Crippen molar-refractivity contribution >= 4 is 23.9 Å². The Bertz CT molecular complexity index is 1700. The number of phenolic OH excluding ortho intramolecular Hbond substituents is 1. The molecule has 3 amide bonds. The van der Waals surface area contributed by atoms with Crippen LogP contribution in [0.25, 0.3) is 0 Å². The van der Waals surface area contributed by atoms with Crippen LogP contribution in [0.4, 0.5) is 4.79 Å². The normalized spacial score (nSPS) is 14.8. The number of aromatic hydroxyl groups is 1. The number of ether oxygens (including phenoxy) is 2. The molecule has 1 fully saturated rings. The first-order valence-corrected chi connectivity index (χ1v) is 17.3. The van der Waals surface area contributed by atoms with E-state index in [-0.39, 0.29) is 24.6 Å². The van der Waals surface area contributed by atoms with E-state index in [1.807, 2.05) is 30.3 Å². The molecule has 10 nitrogen and oxygen atoms in total. The van der Waals surface area contributed by atoms with E-state index < -0.39 is 53.2 Å². The monoisotopic (exact) mass is 695 g/mol. The summed E-state index contributed by atoms with van der Waals surface area (Å²) < 4.78 is 11.3. The van der Waals surface area contributed by atoms with Crippen LogP contribution in [0.1, 0.15) is 89.1 Å². The Balaban J connectivity index is 1.78. The van der Waals surface area contributed by atoms with E-state index in [0.29, 0.717) is 29.5 Å². The molecule has 0 aromatic heterocycles. The minimum atomic E-state index is -1.20. The summed E-state index contributed by atoms with van der Waals surface area (Å²) in [5, 5.41) is 15.6. The van der Waals surface area contributed by atoms with Gasteiger partial charge in [0.05, 0.1) is 0 Å². The third-order valence-electron chi connectivity index (χ3n) is 8.30. The summed E-state index contributed by atoms with van der Waals surface area (Å²) in [6.45, 7) is 10.4. The average molecular weight is 696 g/mol. The highest BCUT2D eigenvalue weighted by atomic mass is 16.6. The van der Waals surface area contributed by atoms with Gasteiger partial charge in [0.15, 0.2) is 0 Å². The third kappa shape index (κ3) is 11.4. The van der Waals surface area contributed by atoms with Crippen LogP contribution < -0.4 is 10.6 Å². The number of nitrogens with one attached hydrogen (secondary N) is 2. The van der Waals surface area contributed by atoms with Crippen molar-refractivity contribution in [3.8, 4) is 18.1 Å². The van der Waals surface area contributed by atoms with Gasteiger partial charge in [0.1, 0.15) is 35.1 Å². The fraction of sp³-hybridized carbons (Fsp3) is 0.415. The van der Waals surface area contributed by atoms with Gasteiger partial charge in [0, 0.05) is 24.4 Å². The van der Waals surface area contributed by atoms with Gasteiger partial charge in [-0.05, 0) is 102 Å². The van der Waals surface area contributed by atoms with Crippen molar-refractivity contribution in [3.05, 3.63) is 101 Å². The van der Waals surface area contributed by atoms with Crippen molar-refractivity contribution in [1.29, 1.82) is 0 Å². The van der Waals surface area contributed by atoms with Gasteiger partial charge in [-0.1, -0.05) is 60.5 Å². The number of hydrogen-bond donors (Lipinski definition) is 3. The lowest BCUT2D eigenvalue weighted by molar-refractivity contribution is -0.159. The maximum Gasteiger partial charge on any atom is 0.408 e. The maximum absolute atomic E-state index is 14.9. The van der Waals surface area contributed by atoms with Crippen LogP contribution in [0, 0.1) is 12.3 Å². The topological polar surface area (TPSA) is 134 Å². The molecule has 0 aliphatic heterocycles. The van der Waals surface area contributed by atoms with Crippen molar-refractivity contribution in [3.63, 3.8) is 0 Å². The van der Waals surface area contributed by atoms with Crippen LogP contribution in [-0.2, 0) is 36.7 Å². The lowest BCUT2D eigenvalue weighted by Crippen LogP contribution is -2.59. The molecule has 1 aliphatic carbocycles. The Morgan fingerprint density at radius 3 is 1.90 bits per heavy atom. The summed E-state index contributed by atoms with van der Waals surface area (Å²) in [5.41, 5.74) is 0.903. The van der Waals surface area contributed by atoms with Gasteiger partial charge in [-0.15, -0.1) is 6.42 Å². The standard InChI is InChI=1S/C41H49N3O7/c1-8-27-17-21-30(22-18-27)35(36(46)42-34(38(48)50-40(2,3)4)26-28-13-10-9-11-14-28)44(31-15-12-16-31)37(47)33(43-39(49)51-41(5,6)7)25-29-19-23-32(45)24-20-29/h1,9-11,13-14,17-24,31,33-35,45H,12,15-16,25-26H2,2-7H3,(H,42,46)(H,43,49). The summed E-state index contributed by atoms with van der Waals surface area (Å²) in [7, 11) is 0. The van der Waals surface area contributed by atoms with Crippen molar-refractivity contribution in [2.45, 2.75) is 109 Å². The number of amides is 3. The van der Waals surface area contributed by atoms with E-state index in [9.17, 15) is 24.3 Å². The summed E-state index contributed by atoms with van der Waals surface area (Å²) in [4.78, 5) is 57.9. The second-order valence-electron chi connectivity index (χ2n) is 14.9. The third-order valence-corrected chi connectivity index (χ3v) is 8.30. The zero-order valence-corrected chi connectivity index (χ0v) is 30.3. The molecule has 0 bridgehead atoms. The van der Waals surface area contributed by atoms with Crippen molar-refractivity contribution in [2.24, 2.45) is 0 Å². The van der Waals surface area contributed by atoms with Crippen LogP contribution in [0.2, 0.25) is 0 Å². The first-order chi connectivity index (χ1) is 24.0. The fourth-order valence-corrected chi connectivity index (χ4v) is 5.75. The Labute approximate surface area is 300 Å². The van der Waals surface area contributed by atoms with E-state index in [1.54, 1.807) is 77.9 Å². The van der Waals surface area contributed by atoms with Gasteiger partial charge >= 0.3 is 12.1 Å². The van der Waals surface area contributed by atoms with Gasteiger partial charge in [-0.25, -0.2) is 9.59 Å². The van der Waals surface area contributed by atoms with Gasteiger partial charge in [-0.2, -0.15) is 0 Å². The highest BCUT2D eigenvalue weighted by molar-refractivity contribution is 5.94. The van der Waals surface area contributed by atoms with Gasteiger partial charge in [0.25, 0.3) is 0 Å². The quantitative estimate of drug-likeness (QED) is 0.156. The lowest BCUT2D eigenvalue weighted by atomic mass is 9.87. The second kappa shape index (κ2) is 16.6. The number of nitrogens with zero attached hydrogens (tertiary/aromatic N) is 1. The lowest BCUT2D eigenvalue weighted by Gasteiger charge is -2.44. The predicted molar refractivity (Wildman–Crippen MR) is 194 cm³/mol. The maximum atomic E-state index is 14.9. The van der Waals surface area contributed by atoms with Crippen LogP contribution in [-0.4, -0.2) is 63.2 Å². The van der Waals surface area contributed by atoms with E-state index in [4.69, 9.17) is 15.9 Å². The summed E-state index contributed by atoms with van der Waals surface area (Å²) in [5.74, 6) is 0.938. The number of esters is 1. The molecule has 3 atom stereocenters. The highest BCUT2D eigenvalue weighted by Crippen LogP contribution is 2.34. The number of carbonyl (C=O) groups excluding carboxylic acids is 4. The largest absolute Gasteiger partial charge is 0.508 e. The molecular formula is C41H49N3O7. The molecule has 270 valence electrons. The Kier molecular flexibility index (Phi) is 12.5. The molecule has 4 rings (SSSR count). The van der Waals surface area contributed by atoms with Crippen LogP contribution in [0.5, 0.6) is 5.75 Å². The SMILES string of the molecule is C#Cc1ccc(C(C(=O)NC(Cc2ccccc2)C(=O)OC(C)(C)C)N(C(=O)C(Cc2ccc(O)cc2)NC(=O)OC(C)(C)C)C2CCC2)cc1. The van der Waals surface area contributed by atoms with Crippen molar-refractivity contribution in [2.75, 3.05) is 0 Å². The minimum Gasteiger partial charge on any atom is -0.508 e. The molecule has 3 aromatic rings. The number of terminal acetylenes is 1. The highest BCUT2D eigenvalue weighted by Gasteiger charge is 2.43. The molecule has 0 saturated heterocycles. The van der Waals surface area contributed by atoms with Crippen LogP contribution >= 0.6 is 0 Å². The zero-order chi connectivity index (χ0) is 37.3. The molecular weight excluding hydrogens is 646 g/mol. The fourth-order valence-electron chi connectivity index (χ4n) is 5.75. The molecule has 1 aliphatic rings. The first-order valence-electron chi connectivity index (χ1n) is 17.3. The van der Waals surface area contributed by atoms with Gasteiger partial charge in [-0.3, -0.25) is 9.59 Å². The molecule has 0 heterocycles. The van der Waals surface area contributed by atoms with Crippen molar-refractivity contribution < 1.29 is 33.8 Å². The Morgan fingerprint density at radius 2 is 1.37 bits per heavy atom. The number of alkyl carbamates (subject to hydrolysis) is 1. The Hall–Kier alpha value is -5.30. The second-order valence-corrected chi connectivity index (χ2v) is 14.9.